The molecule has 1 atom stereocenters. The van der Waals surface area contributed by atoms with Gasteiger partial charge in [0.15, 0.2) is 12.4 Å². The topological polar surface area (TPSA) is 59.5 Å². The molecule has 1 aliphatic rings. The van der Waals surface area contributed by atoms with Gasteiger partial charge < -0.3 is 9.64 Å². The van der Waals surface area contributed by atoms with E-state index < -0.39 is 0 Å². The predicted octanol–water partition coefficient (Wildman–Crippen LogP) is 4.24. The van der Waals surface area contributed by atoms with E-state index in [4.69, 9.17) is 9.72 Å². The third-order valence-corrected chi connectivity index (χ3v) is 5.91. The summed E-state index contributed by atoms with van der Waals surface area (Å²) in [7, 11) is 0. The molecule has 0 unspecified atom stereocenters. The molecule has 1 amide bonds. The maximum atomic E-state index is 12.7. The van der Waals surface area contributed by atoms with Crippen LogP contribution in [0.1, 0.15) is 41.2 Å². The first kappa shape index (κ1) is 17.7. The van der Waals surface area contributed by atoms with Gasteiger partial charge in [-0.25, -0.2) is 4.98 Å². The van der Waals surface area contributed by atoms with Crippen LogP contribution in [0.25, 0.3) is 10.2 Å². The Bertz CT molecular complexity index is 965. The maximum Gasteiger partial charge on any atom is 0.261 e. The van der Waals surface area contributed by atoms with Crippen LogP contribution in [0.5, 0.6) is 5.75 Å². The van der Waals surface area contributed by atoms with E-state index in [9.17, 15) is 9.59 Å². The smallest absolute Gasteiger partial charge is 0.261 e. The molecule has 6 heteroatoms. The minimum Gasteiger partial charge on any atom is -0.484 e. The normalized spacial score (nSPS) is 16.6. The first-order valence-electron chi connectivity index (χ1n) is 9.00. The molecule has 0 radical (unpaired) electrons. The summed E-state index contributed by atoms with van der Waals surface area (Å²) in [5.41, 5.74) is 1.56. The van der Waals surface area contributed by atoms with E-state index in [2.05, 4.69) is 6.07 Å². The second kappa shape index (κ2) is 7.48. The summed E-state index contributed by atoms with van der Waals surface area (Å²) in [6.45, 7) is 2.19. The zero-order chi connectivity index (χ0) is 18.8. The number of thiazole rings is 1. The zero-order valence-electron chi connectivity index (χ0n) is 15.1. The van der Waals surface area contributed by atoms with E-state index in [0.29, 0.717) is 11.3 Å². The molecule has 0 N–H and O–H groups in total. The Balaban J connectivity index is 1.46. The second-order valence-electron chi connectivity index (χ2n) is 6.64. The monoisotopic (exact) mass is 380 g/mol. The van der Waals surface area contributed by atoms with Gasteiger partial charge in [0.2, 0.25) is 0 Å². The minimum atomic E-state index is -0.0509. The van der Waals surface area contributed by atoms with Crippen LogP contribution in [0.2, 0.25) is 0 Å². The Morgan fingerprint density at radius 3 is 2.89 bits per heavy atom. The molecule has 2 aromatic carbocycles. The fourth-order valence-corrected chi connectivity index (χ4v) is 4.50. The third-order valence-electron chi connectivity index (χ3n) is 4.77. The number of carbonyl (C=O) groups excluding carboxylic acids is 2. The van der Waals surface area contributed by atoms with Gasteiger partial charge in [-0.2, -0.15) is 0 Å². The van der Waals surface area contributed by atoms with E-state index in [1.54, 1.807) is 35.6 Å². The number of amides is 1. The van der Waals surface area contributed by atoms with Crippen LogP contribution in [0.15, 0.2) is 48.5 Å². The standard InChI is InChI=1S/C21H20N2O3S/c1-14(24)15-6-4-7-16(12-15)26-13-20(25)23-11-5-9-18(23)21-22-17-8-2-3-10-19(17)27-21/h2-4,6-8,10,12,18H,5,9,11,13H2,1H3/t18-/m1/s1. The van der Waals surface area contributed by atoms with E-state index in [0.717, 1.165) is 34.6 Å². The Kier molecular flexibility index (Phi) is 4.90. The van der Waals surface area contributed by atoms with Gasteiger partial charge in [-0.3, -0.25) is 9.59 Å². The Hall–Kier alpha value is -2.73. The lowest BCUT2D eigenvalue weighted by atomic mass is 10.1. The lowest BCUT2D eigenvalue weighted by Crippen LogP contribution is -2.34. The van der Waals surface area contributed by atoms with Crippen LogP contribution in [-0.2, 0) is 4.79 Å². The predicted molar refractivity (Wildman–Crippen MR) is 105 cm³/mol. The number of rotatable bonds is 5. The van der Waals surface area contributed by atoms with Crippen molar-refractivity contribution >= 4 is 33.2 Å². The van der Waals surface area contributed by atoms with Crippen LogP contribution in [0.4, 0.5) is 0 Å². The number of likely N-dealkylation sites (tertiary alicyclic amines) is 1. The molecule has 1 aromatic heterocycles. The molecular formula is C21H20N2O3S. The van der Waals surface area contributed by atoms with Crippen molar-refractivity contribution in [2.24, 2.45) is 0 Å². The molecular weight excluding hydrogens is 360 g/mol. The molecule has 5 nitrogen and oxygen atoms in total. The highest BCUT2D eigenvalue weighted by Gasteiger charge is 2.32. The SMILES string of the molecule is CC(=O)c1cccc(OCC(=O)N2CCC[C@@H]2c2nc3ccccc3s2)c1. The molecule has 1 saturated heterocycles. The van der Waals surface area contributed by atoms with Crippen molar-refractivity contribution in [3.63, 3.8) is 0 Å². The quantitative estimate of drug-likeness (QED) is 0.621. The second-order valence-corrected chi connectivity index (χ2v) is 7.70. The van der Waals surface area contributed by atoms with Gasteiger partial charge in [0, 0.05) is 12.1 Å². The molecule has 0 saturated carbocycles. The molecule has 0 spiro atoms. The summed E-state index contributed by atoms with van der Waals surface area (Å²) in [6, 6.07) is 15.0. The first-order chi connectivity index (χ1) is 13.1. The number of hydrogen-bond donors (Lipinski definition) is 0. The number of aromatic nitrogens is 1. The van der Waals surface area contributed by atoms with E-state index in [-0.39, 0.29) is 24.3 Å². The van der Waals surface area contributed by atoms with Crippen LogP contribution in [0.3, 0.4) is 0 Å². The summed E-state index contributed by atoms with van der Waals surface area (Å²) >= 11 is 1.65. The summed E-state index contributed by atoms with van der Waals surface area (Å²) < 4.78 is 6.80. The third kappa shape index (κ3) is 3.71. The fraction of sp³-hybridized carbons (Fsp3) is 0.286. The van der Waals surface area contributed by atoms with Gasteiger partial charge in [-0.05, 0) is 44.0 Å². The molecule has 1 aliphatic heterocycles. The largest absolute Gasteiger partial charge is 0.484 e. The lowest BCUT2D eigenvalue weighted by Gasteiger charge is -2.23. The van der Waals surface area contributed by atoms with Gasteiger partial charge in [-0.1, -0.05) is 24.3 Å². The van der Waals surface area contributed by atoms with Crippen LogP contribution in [-0.4, -0.2) is 34.7 Å². The van der Waals surface area contributed by atoms with Crippen LogP contribution < -0.4 is 4.74 Å². The van der Waals surface area contributed by atoms with Crippen LogP contribution in [0, 0.1) is 0 Å². The Labute approximate surface area is 161 Å². The van der Waals surface area contributed by atoms with E-state index >= 15 is 0 Å². The number of Topliss-reactive ketones (excluding diaryl/α,β-unsaturated/α-hetero) is 1. The number of nitrogens with zero attached hydrogens (tertiary/aromatic N) is 2. The van der Waals surface area contributed by atoms with E-state index in [1.807, 2.05) is 23.1 Å². The van der Waals surface area contributed by atoms with Crippen molar-refractivity contribution < 1.29 is 14.3 Å². The minimum absolute atomic E-state index is 0.0158. The molecule has 27 heavy (non-hydrogen) atoms. The number of hydrogen-bond acceptors (Lipinski definition) is 5. The summed E-state index contributed by atoms with van der Waals surface area (Å²) in [5, 5.41) is 0.987. The average molecular weight is 380 g/mol. The van der Waals surface area contributed by atoms with Crippen molar-refractivity contribution in [1.82, 2.24) is 9.88 Å². The van der Waals surface area contributed by atoms with Gasteiger partial charge in [0.25, 0.3) is 5.91 Å². The summed E-state index contributed by atoms with van der Waals surface area (Å²) in [5.74, 6) is 0.457. The maximum absolute atomic E-state index is 12.7. The highest BCUT2D eigenvalue weighted by Crippen LogP contribution is 2.36. The zero-order valence-corrected chi connectivity index (χ0v) is 15.9. The van der Waals surface area contributed by atoms with Crippen molar-refractivity contribution in [1.29, 1.82) is 0 Å². The molecule has 1 fully saturated rings. The molecule has 0 aliphatic carbocycles. The van der Waals surface area contributed by atoms with Crippen molar-refractivity contribution in [3.05, 3.63) is 59.1 Å². The number of para-hydroxylation sites is 1. The van der Waals surface area contributed by atoms with Crippen molar-refractivity contribution in [2.75, 3.05) is 13.2 Å². The molecule has 4 rings (SSSR count). The number of ether oxygens (including phenoxy) is 1. The average Bonchev–Trinajstić information content (AvgIpc) is 3.32. The highest BCUT2D eigenvalue weighted by atomic mass is 32.1. The van der Waals surface area contributed by atoms with E-state index in [1.165, 1.54) is 6.92 Å². The molecule has 3 aromatic rings. The number of carbonyl (C=O) groups is 2. The lowest BCUT2D eigenvalue weighted by molar-refractivity contribution is -0.134. The summed E-state index contributed by atoms with van der Waals surface area (Å²) in [6.07, 6.45) is 1.89. The Morgan fingerprint density at radius 1 is 1.22 bits per heavy atom. The van der Waals surface area contributed by atoms with Gasteiger partial charge >= 0.3 is 0 Å². The summed E-state index contributed by atoms with van der Waals surface area (Å²) in [4.78, 5) is 30.8. The number of ketones is 1. The molecule has 0 bridgehead atoms. The van der Waals surface area contributed by atoms with Crippen molar-refractivity contribution in [2.45, 2.75) is 25.8 Å². The molecule has 2 heterocycles. The van der Waals surface area contributed by atoms with Gasteiger partial charge in [0.1, 0.15) is 10.8 Å². The van der Waals surface area contributed by atoms with Gasteiger partial charge in [-0.15, -0.1) is 11.3 Å². The van der Waals surface area contributed by atoms with Crippen LogP contribution >= 0.6 is 11.3 Å². The molecule has 138 valence electrons. The van der Waals surface area contributed by atoms with Gasteiger partial charge in [0.05, 0.1) is 16.3 Å². The number of benzene rings is 2. The first-order valence-corrected chi connectivity index (χ1v) is 9.82. The van der Waals surface area contributed by atoms with Crippen molar-refractivity contribution in [3.8, 4) is 5.75 Å². The highest BCUT2D eigenvalue weighted by molar-refractivity contribution is 7.18. The fourth-order valence-electron chi connectivity index (χ4n) is 3.39. The Morgan fingerprint density at radius 2 is 2.07 bits per heavy atom. The number of fused-ring (bicyclic) bond motifs is 1.